The van der Waals surface area contributed by atoms with Crippen molar-refractivity contribution >= 4 is 5.69 Å². The van der Waals surface area contributed by atoms with Crippen LogP contribution in [-0.2, 0) is 6.61 Å². The van der Waals surface area contributed by atoms with Gasteiger partial charge in [0, 0.05) is 29.8 Å². The zero-order valence-electron chi connectivity index (χ0n) is 11.1. The normalized spacial score (nSPS) is 22.6. The molecular formula is C16H23NO. The van der Waals surface area contributed by atoms with Crippen LogP contribution in [0.4, 0.5) is 5.69 Å². The highest BCUT2D eigenvalue weighted by molar-refractivity contribution is 5.56. The summed E-state index contributed by atoms with van der Waals surface area (Å²) in [5.41, 5.74) is 2.91. The first-order chi connectivity index (χ1) is 8.83. The lowest BCUT2D eigenvalue weighted by molar-refractivity contribution is 0.179. The van der Waals surface area contributed by atoms with Gasteiger partial charge in [0.2, 0.25) is 0 Å². The Kier molecular flexibility index (Phi) is 3.29. The van der Waals surface area contributed by atoms with Gasteiger partial charge < -0.3 is 10.0 Å². The minimum absolute atomic E-state index is 0.152. The maximum Gasteiger partial charge on any atom is 0.0702 e. The topological polar surface area (TPSA) is 23.5 Å². The summed E-state index contributed by atoms with van der Waals surface area (Å²) in [6.07, 6.45) is 8.49. The van der Waals surface area contributed by atoms with E-state index >= 15 is 0 Å². The molecule has 0 bridgehead atoms. The molecule has 1 aliphatic carbocycles. The third kappa shape index (κ3) is 2.14. The largest absolute Gasteiger partial charge is 0.392 e. The van der Waals surface area contributed by atoms with Crippen LogP contribution in [0.1, 0.15) is 44.1 Å². The summed E-state index contributed by atoms with van der Waals surface area (Å²) >= 11 is 0. The highest BCUT2D eigenvalue weighted by atomic mass is 16.3. The first-order valence-electron chi connectivity index (χ1n) is 7.27. The zero-order chi connectivity index (χ0) is 12.4. The molecule has 1 spiro atoms. The summed E-state index contributed by atoms with van der Waals surface area (Å²) < 4.78 is 0. The van der Waals surface area contributed by atoms with Gasteiger partial charge in [0.25, 0.3) is 0 Å². The zero-order valence-corrected chi connectivity index (χ0v) is 11.1. The van der Waals surface area contributed by atoms with Gasteiger partial charge in [-0.1, -0.05) is 43.9 Å². The van der Waals surface area contributed by atoms with E-state index in [1.807, 2.05) is 12.1 Å². The molecule has 0 amide bonds. The number of aliphatic hydroxyl groups excluding tert-OH is 1. The van der Waals surface area contributed by atoms with Crippen molar-refractivity contribution in [3.05, 3.63) is 29.8 Å². The van der Waals surface area contributed by atoms with E-state index in [2.05, 4.69) is 17.0 Å². The highest BCUT2D eigenvalue weighted by Gasteiger charge is 2.42. The third-order valence-corrected chi connectivity index (χ3v) is 4.72. The average molecular weight is 245 g/mol. The van der Waals surface area contributed by atoms with Gasteiger partial charge in [-0.25, -0.2) is 0 Å². The van der Waals surface area contributed by atoms with Gasteiger partial charge in [0.05, 0.1) is 6.61 Å². The second-order valence-corrected chi connectivity index (χ2v) is 6.06. The lowest BCUT2D eigenvalue weighted by Gasteiger charge is -2.52. The molecule has 0 aromatic heterocycles. The van der Waals surface area contributed by atoms with Gasteiger partial charge in [-0.3, -0.25) is 0 Å². The van der Waals surface area contributed by atoms with Gasteiger partial charge in [-0.15, -0.1) is 0 Å². The monoisotopic (exact) mass is 245 g/mol. The molecular weight excluding hydrogens is 222 g/mol. The molecule has 0 radical (unpaired) electrons. The predicted molar refractivity (Wildman–Crippen MR) is 74.7 cm³/mol. The van der Waals surface area contributed by atoms with Gasteiger partial charge >= 0.3 is 0 Å². The molecule has 2 fully saturated rings. The summed E-state index contributed by atoms with van der Waals surface area (Å²) in [5.74, 6) is 0. The van der Waals surface area contributed by atoms with Crippen LogP contribution >= 0.6 is 0 Å². The first kappa shape index (κ1) is 12.0. The molecule has 0 unspecified atom stereocenters. The fourth-order valence-electron chi connectivity index (χ4n) is 3.68. The van der Waals surface area contributed by atoms with Crippen molar-refractivity contribution in [2.24, 2.45) is 5.41 Å². The molecule has 1 heterocycles. The Balaban J connectivity index is 1.70. The second-order valence-electron chi connectivity index (χ2n) is 6.06. The van der Waals surface area contributed by atoms with E-state index < -0.39 is 0 Å². The molecule has 18 heavy (non-hydrogen) atoms. The molecule has 3 rings (SSSR count). The molecule has 1 aromatic carbocycles. The fraction of sp³-hybridized carbons (Fsp3) is 0.625. The molecule has 98 valence electrons. The number of nitrogens with zero attached hydrogens (tertiary/aromatic N) is 1. The summed E-state index contributed by atoms with van der Waals surface area (Å²) in [4.78, 5) is 2.46. The number of hydrogen-bond donors (Lipinski definition) is 1. The van der Waals surface area contributed by atoms with Crippen molar-refractivity contribution in [3.63, 3.8) is 0 Å². The number of rotatable bonds is 2. The minimum Gasteiger partial charge on any atom is -0.392 e. The summed E-state index contributed by atoms with van der Waals surface area (Å²) in [6, 6.07) is 8.27. The van der Waals surface area contributed by atoms with Crippen molar-refractivity contribution in [3.8, 4) is 0 Å². The Hall–Kier alpha value is -1.02. The maximum absolute atomic E-state index is 9.41. The molecule has 2 aliphatic rings. The lowest BCUT2D eigenvalue weighted by atomic mass is 9.73. The quantitative estimate of drug-likeness (QED) is 0.864. The summed E-state index contributed by atoms with van der Waals surface area (Å²) in [7, 11) is 0. The maximum atomic E-state index is 9.41. The van der Waals surface area contributed by atoms with Crippen LogP contribution in [0.5, 0.6) is 0 Å². The molecule has 1 saturated carbocycles. The minimum atomic E-state index is 0.152. The number of benzene rings is 1. The van der Waals surface area contributed by atoms with Crippen LogP contribution < -0.4 is 4.90 Å². The van der Waals surface area contributed by atoms with Gasteiger partial charge in [0.15, 0.2) is 0 Å². The molecule has 2 heteroatoms. The second kappa shape index (κ2) is 4.93. The van der Waals surface area contributed by atoms with Crippen LogP contribution in [0.3, 0.4) is 0 Å². The van der Waals surface area contributed by atoms with Crippen molar-refractivity contribution < 1.29 is 5.11 Å². The molecule has 1 N–H and O–H groups in total. The van der Waals surface area contributed by atoms with E-state index in [0.29, 0.717) is 5.41 Å². The molecule has 1 saturated heterocycles. The Morgan fingerprint density at radius 3 is 2.33 bits per heavy atom. The van der Waals surface area contributed by atoms with Crippen LogP contribution in [-0.4, -0.2) is 18.2 Å². The molecule has 1 aliphatic heterocycles. The van der Waals surface area contributed by atoms with Crippen molar-refractivity contribution in [2.75, 3.05) is 18.0 Å². The van der Waals surface area contributed by atoms with Gasteiger partial charge in [-0.05, 0) is 18.9 Å². The predicted octanol–water partition coefficient (Wildman–Crippen LogP) is 3.34. The number of para-hydroxylation sites is 1. The van der Waals surface area contributed by atoms with Crippen LogP contribution in [0, 0.1) is 5.41 Å². The van der Waals surface area contributed by atoms with E-state index in [1.165, 1.54) is 57.3 Å². The van der Waals surface area contributed by atoms with E-state index in [0.717, 1.165) is 5.56 Å². The van der Waals surface area contributed by atoms with Crippen molar-refractivity contribution in [1.29, 1.82) is 0 Å². The molecule has 2 nitrogen and oxygen atoms in total. The van der Waals surface area contributed by atoms with Crippen LogP contribution in [0.15, 0.2) is 24.3 Å². The lowest BCUT2D eigenvalue weighted by Crippen LogP contribution is -2.56. The summed E-state index contributed by atoms with van der Waals surface area (Å²) in [6.45, 7) is 2.55. The fourth-order valence-corrected chi connectivity index (χ4v) is 3.68. The number of anilines is 1. The van der Waals surface area contributed by atoms with Gasteiger partial charge in [0.1, 0.15) is 0 Å². The Morgan fingerprint density at radius 2 is 1.67 bits per heavy atom. The molecule has 0 atom stereocenters. The van der Waals surface area contributed by atoms with Crippen molar-refractivity contribution in [1.82, 2.24) is 0 Å². The van der Waals surface area contributed by atoms with E-state index in [-0.39, 0.29) is 6.61 Å². The van der Waals surface area contributed by atoms with Crippen LogP contribution in [0.2, 0.25) is 0 Å². The number of hydrogen-bond acceptors (Lipinski definition) is 2. The standard InChI is InChI=1S/C16H23NO/c18-11-14-7-3-4-8-15(14)17-12-16(13-17)9-5-1-2-6-10-16/h3-4,7-8,18H,1-2,5-6,9-13H2. The van der Waals surface area contributed by atoms with Crippen molar-refractivity contribution in [2.45, 2.75) is 45.1 Å². The average Bonchev–Trinajstić information content (AvgIpc) is 2.62. The van der Waals surface area contributed by atoms with E-state index in [9.17, 15) is 5.11 Å². The first-order valence-corrected chi connectivity index (χ1v) is 7.27. The Morgan fingerprint density at radius 1 is 1.00 bits per heavy atom. The Labute approximate surface area is 110 Å². The summed E-state index contributed by atoms with van der Waals surface area (Å²) in [5, 5.41) is 9.41. The number of aliphatic hydroxyl groups is 1. The van der Waals surface area contributed by atoms with Crippen LogP contribution in [0.25, 0.3) is 0 Å². The van der Waals surface area contributed by atoms with Gasteiger partial charge in [-0.2, -0.15) is 0 Å². The highest BCUT2D eigenvalue weighted by Crippen LogP contribution is 2.45. The smallest absolute Gasteiger partial charge is 0.0702 e. The molecule has 1 aromatic rings. The Bertz CT molecular complexity index is 399. The van der Waals surface area contributed by atoms with E-state index in [4.69, 9.17) is 0 Å². The van der Waals surface area contributed by atoms with E-state index in [1.54, 1.807) is 0 Å². The third-order valence-electron chi connectivity index (χ3n) is 4.72. The SMILES string of the molecule is OCc1ccccc1N1CC2(CCCCCC2)C1.